The van der Waals surface area contributed by atoms with Crippen LogP contribution in [0.5, 0.6) is 5.75 Å². The molecular weight excluding hydrogens is 308 g/mol. The Labute approximate surface area is 130 Å². The number of ether oxygens (including phenoxy) is 2. The fourth-order valence-electron chi connectivity index (χ4n) is 2.16. The number of carbonyl (C=O) groups is 3. The lowest BCUT2D eigenvalue weighted by Gasteiger charge is -2.14. The van der Waals surface area contributed by atoms with Crippen molar-refractivity contribution < 1.29 is 28.8 Å². The van der Waals surface area contributed by atoms with Crippen LogP contribution in [0.25, 0.3) is 0 Å². The van der Waals surface area contributed by atoms with Gasteiger partial charge in [-0.25, -0.2) is 4.79 Å². The Morgan fingerprint density at radius 3 is 2.70 bits per heavy atom. The first-order valence-electron chi connectivity index (χ1n) is 6.76. The van der Waals surface area contributed by atoms with Gasteiger partial charge in [-0.1, -0.05) is 0 Å². The molecule has 0 saturated carbocycles. The smallest absolute Gasteiger partial charge is 0.342 e. The highest BCUT2D eigenvalue weighted by atomic mass is 16.6. The van der Waals surface area contributed by atoms with E-state index in [1.807, 2.05) is 0 Å². The van der Waals surface area contributed by atoms with E-state index in [1.54, 1.807) is 0 Å². The van der Waals surface area contributed by atoms with Gasteiger partial charge in [0.1, 0.15) is 11.3 Å². The van der Waals surface area contributed by atoms with Crippen molar-refractivity contribution >= 4 is 23.5 Å². The minimum absolute atomic E-state index is 0.0882. The van der Waals surface area contributed by atoms with E-state index in [2.05, 4.69) is 0 Å². The van der Waals surface area contributed by atoms with E-state index in [0.29, 0.717) is 19.4 Å². The molecule has 1 aromatic rings. The van der Waals surface area contributed by atoms with Crippen LogP contribution in [0.2, 0.25) is 0 Å². The van der Waals surface area contributed by atoms with Gasteiger partial charge in [-0.05, 0) is 12.5 Å². The maximum Gasteiger partial charge on any atom is 0.342 e. The Hall–Kier alpha value is -2.97. The summed E-state index contributed by atoms with van der Waals surface area (Å²) in [6, 6.07) is 3.46. The van der Waals surface area contributed by atoms with Gasteiger partial charge in [-0.2, -0.15) is 0 Å². The van der Waals surface area contributed by atoms with Crippen LogP contribution in [-0.4, -0.2) is 47.9 Å². The predicted octanol–water partition coefficient (Wildman–Crippen LogP) is 0.909. The van der Waals surface area contributed by atoms with Crippen LogP contribution < -0.4 is 4.74 Å². The van der Waals surface area contributed by atoms with Crippen molar-refractivity contribution in [1.29, 1.82) is 0 Å². The highest BCUT2D eigenvalue weighted by molar-refractivity contribution is 5.99. The van der Waals surface area contributed by atoms with E-state index >= 15 is 0 Å². The summed E-state index contributed by atoms with van der Waals surface area (Å²) in [4.78, 5) is 46.4. The van der Waals surface area contributed by atoms with Gasteiger partial charge in [-0.15, -0.1) is 0 Å². The number of nitro benzene ring substituents is 1. The number of rotatable bonds is 5. The molecule has 1 saturated heterocycles. The summed E-state index contributed by atoms with van der Waals surface area (Å²) in [5, 5.41) is 10.8. The number of hydrogen-bond acceptors (Lipinski definition) is 7. The number of benzene rings is 1. The molecule has 0 aromatic heterocycles. The summed E-state index contributed by atoms with van der Waals surface area (Å²) in [5.74, 6) is -1.78. The molecule has 0 N–H and O–H groups in total. The summed E-state index contributed by atoms with van der Waals surface area (Å²) >= 11 is 0. The number of esters is 1. The zero-order valence-corrected chi connectivity index (χ0v) is 12.3. The molecule has 0 spiro atoms. The number of amides is 2. The first kappa shape index (κ1) is 16.4. The Bertz CT molecular complexity index is 671. The lowest BCUT2D eigenvalue weighted by molar-refractivity contribution is -0.384. The normalized spacial score (nSPS) is 13.8. The second kappa shape index (κ2) is 6.86. The molecule has 9 heteroatoms. The van der Waals surface area contributed by atoms with Crippen LogP contribution >= 0.6 is 0 Å². The zero-order chi connectivity index (χ0) is 17.0. The van der Waals surface area contributed by atoms with Crippen LogP contribution in [0.4, 0.5) is 5.69 Å². The quantitative estimate of drug-likeness (QED) is 0.449. The molecule has 1 aliphatic heterocycles. The monoisotopic (exact) mass is 322 g/mol. The number of non-ortho nitro benzene ring substituents is 1. The van der Waals surface area contributed by atoms with E-state index in [4.69, 9.17) is 9.47 Å². The minimum Gasteiger partial charge on any atom is -0.496 e. The summed E-state index contributed by atoms with van der Waals surface area (Å²) in [6.45, 7) is -0.314. The van der Waals surface area contributed by atoms with E-state index in [0.717, 1.165) is 11.0 Å². The molecule has 9 nitrogen and oxygen atoms in total. The molecule has 23 heavy (non-hydrogen) atoms. The molecule has 122 valence electrons. The van der Waals surface area contributed by atoms with Crippen molar-refractivity contribution in [3.8, 4) is 5.75 Å². The molecule has 1 aromatic carbocycles. The van der Waals surface area contributed by atoms with Gasteiger partial charge in [0.15, 0.2) is 6.61 Å². The molecule has 1 fully saturated rings. The summed E-state index contributed by atoms with van der Waals surface area (Å²) in [6.07, 6.45) is 0.871. The highest BCUT2D eigenvalue weighted by Crippen LogP contribution is 2.24. The third-order valence-electron chi connectivity index (χ3n) is 3.32. The molecule has 0 atom stereocenters. The number of nitro groups is 1. The third-order valence-corrected chi connectivity index (χ3v) is 3.32. The summed E-state index contributed by atoms with van der Waals surface area (Å²) in [7, 11) is 1.30. The van der Waals surface area contributed by atoms with Crippen molar-refractivity contribution in [2.75, 3.05) is 20.3 Å². The van der Waals surface area contributed by atoms with E-state index in [-0.39, 0.29) is 22.9 Å². The molecule has 1 aliphatic rings. The Morgan fingerprint density at radius 2 is 2.13 bits per heavy atom. The first-order chi connectivity index (χ1) is 10.9. The van der Waals surface area contributed by atoms with Crippen LogP contribution in [0.15, 0.2) is 18.2 Å². The van der Waals surface area contributed by atoms with Crippen molar-refractivity contribution in [2.45, 2.75) is 12.8 Å². The second-order valence-electron chi connectivity index (χ2n) is 4.76. The first-order valence-corrected chi connectivity index (χ1v) is 6.76. The Morgan fingerprint density at radius 1 is 1.39 bits per heavy atom. The van der Waals surface area contributed by atoms with Gasteiger partial charge in [0.2, 0.25) is 5.91 Å². The molecular formula is C14H14N2O7. The summed E-state index contributed by atoms with van der Waals surface area (Å²) < 4.78 is 9.79. The average Bonchev–Trinajstić information content (AvgIpc) is 2.97. The number of imide groups is 1. The highest BCUT2D eigenvalue weighted by Gasteiger charge is 2.27. The Kier molecular flexibility index (Phi) is 4.89. The molecule has 0 radical (unpaired) electrons. The van der Waals surface area contributed by atoms with E-state index < -0.39 is 23.4 Å². The maximum absolute atomic E-state index is 12.0. The van der Waals surface area contributed by atoms with Gasteiger partial charge in [0, 0.05) is 25.1 Å². The van der Waals surface area contributed by atoms with Crippen LogP contribution in [0, 0.1) is 10.1 Å². The second-order valence-corrected chi connectivity index (χ2v) is 4.76. The van der Waals surface area contributed by atoms with Crippen LogP contribution in [0.1, 0.15) is 23.2 Å². The predicted molar refractivity (Wildman–Crippen MR) is 75.9 cm³/mol. The number of methoxy groups -OCH3 is 1. The third kappa shape index (κ3) is 3.62. The number of hydrogen-bond donors (Lipinski definition) is 0. The number of carbonyl (C=O) groups excluding carboxylic acids is 3. The fraction of sp³-hybridized carbons (Fsp3) is 0.357. The standard InChI is InChI=1S/C14H14N2O7/c1-22-11-5-4-9(16(20)21)7-10(11)14(19)23-8-13(18)15-6-2-3-12(15)17/h4-5,7H,2-3,6,8H2,1H3. The topological polar surface area (TPSA) is 116 Å². The van der Waals surface area contributed by atoms with Crippen LogP contribution in [0.3, 0.4) is 0 Å². The largest absolute Gasteiger partial charge is 0.496 e. The molecule has 0 unspecified atom stereocenters. The molecule has 2 amide bonds. The van der Waals surface area contributed by atoms with Gasteiger partial charge in [-0.3, -0.25) is 24.6 Å². The molecule has 2 rings (SSSR count). The van der Waals surface area contributed by atoms with Crippen molar-refractivity contribution in [2.24, 2.45) is 0 Å². The summed E-state index contributed by atoms with van der Waals surface area (Å²) in [5.41, 5.74) is -0.471. The maximum atomic E-state index is 12.0. The van der Waals surface area contributed by atoms with Crippen molar-refractivity contribution in [1.82, 2.24) is 4.90 Å². The molecule has 0 bridgehead atoms. The van der Waals surface area contributed by atoms with Crippen molar-refractivity contribution in [3.63, 3.8) is 0 Å². The SMILES string of the molecule is COc1ccc([N+](=O)[O-])cc1C(=O)OCC(=O)N1CCCC1=O. The average molecular weight is 322 g/mol. The number of likely N-dealkylation sites (tertiary alicyclic amines) is 1. The van der Waals surface area contributed by atoms with Gasteiger partial charge < -0.3 is 9.47 Å². The number of nitrogens with zero attached hydrogens (tertiary/aromatic N) is 2. The molecule has 0 aliphatic carbocycles. The Balaban J connectivity index is 2.08. The lowest BCUT2D eigenvalue weighted by atomic mass is 10.2. The van der Waals surface area contributed by atoms with Gasteiger partial charge >= 0.3 is 5.97 Å². The zero-order valence-electron chi connectivity index (χ0n) is 12.3. The minimum atomic E-state index is -0.939. The van der Waals surface area contributed by atoms with Gasteiger partial charge in [0.05, 0.1) is 12.0 Å². The van der Waals surface area contributed by atoms with E-state index in [9.17, 15) is 24.5 Å². The fourth-order valence-corrected chi connectivity index (χ4v) is 2.16. The van der Waals surface area contributed by atoms with Crippen LogP contribution in [-0.2, 0) is 14.3 Å². The lowest BCUT2D eigenvalue weighted by Crippen LogP contribution is -2.35. The van der Waals surface area contributed by atoms with Crippen molar-refractivity contribution in [3.05, 3.63) is 33.9 Å². The van der Waals surface area contributed by atoms with Gasteiger partial charge in [0.25, 0.3) is 11.6 Å². The molecule has 1 heterocycles. The van der Waals surface area contributed by atoms with E-state index in [1.165, 1.54) is 19.2 Å².